The minimum Gasteiger partial charge on any atom is -0.447 e. The highest BCUT2D eigenvalue weighted by atomic mass is 16.8. The third-order valence-electron chi connectivity index (χ3n) is 0.776. The molecule has 0 aliphatic heterocycles. The molecule has 4 heteroatoms. The Morgan fingerprint density at radius 3 is 2.36 bits per heavy atom. The summed E-state index contributed by atoms with van der Waals surface area (Å²) in [6, 6.07) is 0. The topological polar surface area (TPSA) is 58.9 Å². The summed E-state index contributed by atoms with van der Waals surface area (Å²) in [5, 5.41) is 17.6. The predicted octanol–water partition coefficient (Wildman–Crippen LogP) is -0.341. The Kier molecular flexibility index (Phi) is 4.62. The molecule has 64 valence electrons. The molecule has 0 heterocycles. The number of aliphatic hydroxyl groups is 2. The zero-order valence-electron chi connectivity index (χ0n) is 6.63. The molecule has 0 bridgehead atoms. The highest BCUT2D eigenvalue weighted by Gasteiger charge is 2.19. The van der Waals surface area contributed by atoms with Gasteiger partial charge in [0.15, 0.2) is 0 Å². The van der Waals surface area contributed by atoms with Crippen molar-refractivity contribution in [1.29, 1.82) is 0 Å². The van der Waals surface area contributed by atoms with Crippen LogP contribution < -0.4 is 0 Å². The number of ether oxygens (including phenoxy) is 2. The Bertz CT molecular complexity index is 154. The molecule has 0 aliphatic rings. The summed E-state index contributed by atoms with van der Waals surface area (Å²) in [6.45, 7) is 3.94. The monoisotopic (exact) mass is 160 g/mol. The summed E-state index contributed by atoms with van der Waals surface area (Å²) in [5.41, 5.74) is 0. The maximum absolute atomic E-state index is 8.82. The second kappa shape index (κ2) is 4.97. The first kappa shape index (κ1) is 10.2. The van der Waals surface area contributed by atoms with Crippen LogP contribution in [0.2, 0.25) is 0 Å². The molecule has 0 spiro atoms. The molecule has 0 fully saturated rings. The maximum atomic E-state index is 8.82. The molecule has 0 unspecified atom stereocenters. The molecule has 0 atom stereocenters. The van der Waals surface area contributed by atoms with Crippen molar-refractivity contribution in [2.75, 3.05) is 13.2 Å². The van der Waals surface area contributed by atoms with E-state index in [0.29, 0.717) is 6.61 Å². The van der Waals surface area contributed by atoms with Gasteiger partial charge >= 0.3 is 5.97 Å². The van der Waals surface area contributed by atoms with Gasteiger partial charge in [0.05, 0.1) is 13.2 Å². The second-order valence-corrected chi connectivity index (χ2v) is 1.70. The van der Waals surface area contributed by atoms with E-state index in [0.717, 1.165) is 0 Å². The van der Waals surface area contributed by atoms with Crippen molar-refractivity contribution in [3.8, 4) is 12.0 Å². The van der Waals surface area contributed by atoms with Crippen molar-refractivity contribution in [1.82, 2.24) is 0 Å². The highest BCUT2D eigenvalue weighted by molar-refractivity contribution is 4.99. The fourth-order valence-electron chi connectivity index (χ4n) is 0.412. The molecule has 4 nitrogen and oxygen atoms in total. The van der Waals surface area contributed by atoms with E-state index in [1.54, 1.807) is 13.8 Å². The highest BCUT2D eigenvalue weighted by Crippen LogP contribution is 1.97. The van der Waals surface area contributed by atoms with Gasteiger partial charge in [-0.2, -0.15) is 0 Å². The lowest BCUT2D eigenvalue weighted by Crippen LogP contribution is -2.29. The molecule has 0 saturated heterocycles. The molecule has 0 saturated carbocycles. The van der Waals surface area contributed by atoms with E-state index >= 15 is 0 Å². The zero-order valence-corrected chi connectivity index (χ0v) is 6.63. The summed E-state index contributed by atoms with van der Waals surface area (Å²) in [6.07, 6.45) is 2.09. The van der Waals surface area contributed by atoms with E-state index in [9.17, 15) is 0 Å². The van der Waals surface area contributed by atoms with Crippen molar-refractivity contribution < 1.29 is 19.7 Å². The van der Waals surface area contributed by atoms with Gasteiger partial charge in [-0.05, 0) is 13.8 Å². The van der Waals surface area contributed by atoms with Crippen LogP contribution in [0.1, 0.15) is 13.8 Å². The van der Waals surface area contributed by atoms with E-state index in [1.165, 1.54) is 0 Å². The fraction of sp³-hybridized carbons (Fsp3) is 0.714. The molecular weight excluding hydrogens is 148 g/mol. The first-order chi connectivity index (χ1) is 5.12. The lowest BCUT2D eigenvalue weighted by molar-refractivity contribution is -0.293. The van der Waals surface area contributed by atoms with Gasteiger partial charge in [-0.15, -0.1) is 0 Å². The minimum absolute atomic E-state index is 0.174. The van der Waals surface area contributed by atoms with Gasteiger partial charge < -0.3 is 19.7 Å². The van der Waals surface area contributed by atoms with E-state index in [-0.39, 0.29) is 6.61 Å². The maximum Gasteiger partial charge on any atom is 0.351 e. The van der Waals surface area contributed by atoms with Crippen LogP contribution in [0.3, 0.4) is 0 Å². The Labute approximate surface area is 65.7 Å². The Balaban J connectivity index is 3.81. The van der Waals surface area contributed by atoms with Crippen LogP contribution in [0.4, 0.5) is 0 Å². The average molecular weight is 160 g/mol. The first-order valence-corrected chi connectivity index (χ1v) is 3.35. The largest absolute Gasteiger partial charge is 0.447 e. The number of hydrogen-bond acceptors (Lipinski definition) is 4. The van der Waals surface area contributed by atoms with Crippen LogP contribution in [0.5, 0.6) is 0 Å². The SMILES string of the molecule is CCOC#CC(O)(O)OCC. The lowest BCUT2D eigenvalue weighted by Gasteiger charge is -2.12. The zero-order chi connectivity index (χ0) is 8.74. The van der Waals surface area contributed by atoms with Crippen LogP contribution in [0.15, 0.2) is 0 Å². The Morgan fingerprint density at radius 2 is 1.91 bits per heavy atom. The van der Waals surface area contributed by atoms with Gasteiger partial charge in [-0.25, -0.2) is 0 Å². The smallest absolute Gasteiger partial charge is 0.351 e. The summed E-state index contributed by atoms with van der Waals surface area (Å²) in [5.74, 6) is -0.407. The molecule has 0 radical (unpaired) electrons. The third kappa shape index (κ3) is 5.67. The van der Waals surface area contributed by atoms with Crippen molar-refractivity contribution in [2.45, 2.75) is 19.8 Å². The molecule has 0 aromatic carbocycles. The summed E-state index contributed by atoms with van der Waals surface area (Å²) < 4.78 is 8.99. The van der Waals surface area contributed by atoms with E-state index < -0.39 is 5.97 Å². The number of rotatable bonds is 3. The summed E-state index contributed by atoms with van der Waals surface area (Å²) in [4.78, 5) is 0. The van der Waals surface area contributed by atoms with Crippen LogP contribution in [0.25, 0.3) is 0 Å². The van der Waals surface area contributed by atoms with E-state index in [1.807, 2.05) is 5.92 Å². The van der Waals surface area contributed by atoms with Crippen LogP contribution in [0, 0.1) is 12.0 Å². The van der Waals surface area contributed by atoms with Crippen molar-refractivity contribution in [2.24, 2.45) is 0 Å². The van der Waals surface area contributed by atoms with Gasteiger partial charge in [-0.1, -0.05) is 0 Å². The van der Waals surface area contributed by atoms with Crippen molar-refractivity contribution in [3.63, 3.8) is 0 Å². The second-order valence-electron chi connectivity index (χ2n) is 1.70. The normalized spacial score (nSPS) is 10.2. The predicted molar refractivity (Wildman–Crippen MR) is 38.2 cm³/mol. The molecule has 11 heavy (non-hydrogen) atoms. The summed E-state index contributed by atoms with van der Waals surface area (Å²) >= 11 is 0. The van der Waals surface area contributed by atoms with Crippen LogP contribution >= 0.6 is 0 Å². The van der Waals surface area contributed by atoms with Crippen LogP contribution in [-0.4, -0.2) is 29.4 Å². The van der Waals surface area contributed by atoms with Crippen LogP contribution in [-0.2, 0) is 9.47 Å². The molecule has 2 N–H and O–H groups in total. The van der Waals surface area contributed by atoms with Gasteiger partial charge in [0.25, 0.3) is 0 Å². The molecule has 0 aromatic heterocycles. The van der Waals surface area contributed by atoms with Crippen molar-refractivity contribution in [3.05, 3.63) is 0 Å². The van der Waals surface area contributed by atoms with E-state index in [4.69, 9.17) is 10.2 Å². The quantitative estimate of drug-likeness (QED) is 0.438. The molecule has 0 aromatic rings. The number of hydrogen-bond donors (Lipinski definition) is 2. The Hall–Kier alpha value is -0.760. The fourth-order valence-corrected chi connectivity index (χ4v) is 0.412. The molecule has 0 amide bonds. The lowest BCUT2D eigenvalue weighted by atomic mass is 10.6. The molecule has 0 aliphatic carbocycles. The van der Waals surface area contributed by atoms with Gasteiger partial charge in [0.2, 0.25) is 0 Å². The third-order valence-corrected chi connectivity index (χ3v) is 0.776. The van der Waals surface area contributed by atoms with Crippen molar-refractivity contribution >= 4 is 0 Å². The van der Waals surface area contributed by atoms with Gasteiger partial charge in [0.1, 0.15) is 6.11 Å². The standard InChI is InChI=1S/C7H12O4/c1-3-10-6-5-7(8,9)11-4-2/h8-9H,3-4H2,1-2H3. The Morgan fingerprint density at radius 1 is 1.27 bits per heavy atom. The molecule has 0 rings (SSSR count). The molecular formula is C7H12O4. The minimum atomic E-state index is -2.38. The summed E-state index contributed by atoms with van der Waals surface area (Å²) in [7, 11) is 0. The van der Waals surface area contributed by atoms with Gasteiger partial charge in [-0.3, -0.25) is 0 Å². The van der Waals surface area contributed by atoms with E-state index in [2.05, 4.69) is 15.6 Å². The average Bonchev–Trinajstić information content (AvgIpc) is 1.87. The van der Waals surface area contributed by atoms with Gasteiger partial charge in [0, 0.05) is 5.92 Å². The first-order valence-electron chi connectivity index (χ1n) is 3.35.